The van der Waals surface area contributed by atoms with Gasteiger partial charge < -0.3 is 30.0 Å². The Hall–Kier alpha value is -4.37. The van der Waals surface area contributed by atoms with Gasteiger partial charge in [0, 0.05) is 31.8 Å². The van der Waals surface area contributed by atoms with E-state index in [1.165, 1.54) is 12.1 Å². The summed E-state index contributed by atoms with van der Waals surface area (Å²) >= 11 is 0. The van der Waals surface area contributed by atoms with Crippen molar-refractivity contribution in [1.29, 1.82) is 0 Å². The monoisotopic (exact) mass is 474 g/mol. The van der Waals surface area contributed by atoms with Crippen molar-refractivity contribution in [2.75, 3.05) is 44.9 Å². The van der Waals surface area contributed by atoms with Crippen LogP contribution in [0.2, 0.25) is 0 Å². The molecule has 2 aromatic carbocycles. The van der Waals surface area contributed by atoms with Crippen molar-refractivity contribution >= 4 is 40.6 Å². The minimum absolute atomic E-state index is 0.0760. The number of benzene rings is 2. The number of carbonyl (C=O) groups excluding carboxylic acids is 2. The standard InChI is InChI=1S/C26H26N4O5/c1-29(2)13-14-30(3)25(32)20-11-12-21(35-20)28-23(16-7-5-4-6-8-16)22-18-10-9-17(26(33)34)15-19(18)27-24(22)31/h4-12,15,28H,13-14H2,1-3H3,(H,27,31)(H,33,34)/b23-22-. The first kappa shape index (κ1) is 23.8. The topological polar surface area (TPSA) is 115 Å². The number of hydrogen-bond acceptors (Lipinski definition) is 6. The van der Waals surface area contributed by atoms with Gasteiger partial charge in [-0.3, -0.25) is 9.59 Å². The Labute approximate surface area is 202 Å². The molecule has 4 rings (SSSR count). The van der Waals surface area contributed by atoms with Crippen molar-refractivity contribution in [1.82, 2.24) is 9.80 Å². The van der Waals surface area contributed by atoms with Gasteiger partial charge in [0.15, 0.2) is 11.6 Å². The van der Waals surface area contributed by atoms with Crippen molar-refractivity contribution in [3.05, 3.63) is 83.1 Å². The van der Waals surface area contributed by atoms with E-state index in [-0.39, 0.29) is 23.1 Å². The zero-order chi connectivity index (χ0) is 25.1. The lowest BCUT2D eigenvalue weighted by Gasteiger charge is -2.18. The molecule has 0 atom stereocenters. The highest BCUT2D eigenvalue weighted by atomic mass is 16.4. The fourth-order valence-corrected chi connectivity index (χ4v) is 3.72. The molecule has 0 fully saturated rings. The lowest BCUT2D eigenvalue weighted by atomic mass is 9.99. The molecule has 1 aliphatic heterocycles. The number of carbonyl (C=O) groups is 3. The maximum Gasteiger partial charge on any atom is 0.335 e. The van der Waals surface area contributed by atoms with E-state index in [9.17, 15) is 19.5 Å². The van der Waals surface area contributed by atoms with Gasteiger partial charge in [-0.05, 0) is 37.9 Å². The van der Waals surface area contributed by atoms with E-state index in [1.807, 2.05) is 49.3 Å². The van der Waals surface area contributed by atoms with Crippen molar-refractivity contribution in [2.24, 2.45) is 0 Å². The summed E-state index contributed by atoms with van der Waals surface area (Å²) in [5.41, 5.74) is 2.60. The van der Waals surface area contributed by atoms with Crippen LogP contribution in [0.25, 0.3) is 11.3 Å². The largest absolute Gasteiger partial charge is 0.478 e. The molecule has 35 heavy (non-hydrogen) atoms. The number of nitrogens with zero attached hydrogens (tertiary/aromatic N) is 2. The summed E-state index contributed by atoms with van der Waals surface area (Å²) in [6.07, 6.45) is 0. The van der Waals surface area contributed by atoms with Gasteiger partial charge in [-0.25, -0.2) is 4.79 Å². The Morgan fingerprint density at radius 2 is 1.71 bits per heavy atom. The van der Waals surface area contributed by atoms with Crippen LogP contribution in [0.4, 0.5) is 11.6 Å². The predicted octanol–water partition coefficient (Wildman–Crippen LogP) is 3.54. The highest BCUT2D eigenvalue weighted by Gasteiger charge is 2.29. The van der Waals surface area contributed by atoms with E-state index in [2.05, 4.69) is 10.6 Å². The Kier molecular flexibility index (Phi) is 6.70. The zero-order valence-electron chi connectivity index (χ0n) is 19.7. The van der Waals surface area contributed by atoms with Crippen LogP contribution >= 0.6 is 0 Å². The molecule has 3 N–H and O–H groups in total. The van der Waals surface area contributed by atoms with Gasteiger partial charge in [-0.2, -0.15) is 0 Å². The minimum Gasteiger partial charge on any atom is -0.478 e. The molecule has 3 aromatic rings. The third-order valence-corrected chi connectivity index (χ3v) is 5.62. The van der Waals surface area contributed by atoms with Crippen LogP contribution in [-0.2, 0) is 4.79 Å². The Morgan fingerprint density at radius 1 is 0.971 bits per heavy atom. The minimum atomic E-state index is -1.08. The molecule has 2 heterocycles. The smallest absolute Gasteiger partial charge is 0.335 e. The number of rotatable bonds is 8. The van der Waals surface area contributed by atoms with E-state index < -0.39 is 5.97 Å². The first-order valence-electron chi connectivity index (χ1n) is 11.0. The summed E-state index contributed by atoms with van der Waals surface area (Å²) in [7, 11) is 5.58. The van der Waals surface area contributed by atoms with Crippen LogP contribution in [0.15, 0.2) is 65.1 Å². The normalized spacial score (nSPS) is 13.9. The van der Waals surface area contributed by atoms with Gasteiger partial charge >= 0.3 is 5.97 Å². The second-order valence-corrected chi connectivity index (χ2v) is 8.45. The van der Waals surface area contributed by atoms with Crippen molar-refractivity contribution in [3.8, 4) is 0 Å². The van der Waals surface area contributed by atoms with Crippen LogP contribution in [-0.4, -0.2) is 66.9 Å². The van der Waals surface area contributed by atoms with Crippen LogP contribution in [0.3, 0.4) is 0 Å². The average Bonchev–Trinajstić information content (AvgIpc) is 3.44. The molecule has 0 bridgehead atoms. The summed E-state index contributed by atoms with van der Waals surface area (Å²) < 4.78 is 5.80. The highest BCUT2D eigenvalue weighted by molar-refractivity contribution is 6.37. The van der Waals surface area contributed by atoms with Gasteiger partial charge in [-0.1, -0.05) is 36.4 Å². The number of likely N-dealkylation sites (N-methyl/N-ethyl adjacent to an activating group) is 2. The number of anilines is 2. The number of fused-ring (bicyclic) bond motifs is 1. The summed E-state index contributed by atoms with van der Waals surface area (Å²) in [4.78, 5) is 40.7. The third kappa shape index (κ3) is 5.10. The van der Waals surface area contributed by atoms with E-state index >= 15 is 0 Å². The quantitative estimate of drug-likeness (QED) is 0.428. The lowest BCUT2D eigenvalue weighted by molar-refractivity contribution is -0.110. The number of furan rings is 1. The molecule has 9 heteroatoms. The van der Waals surface area contributed by atoms with Crippen molar-refractivity contribution < 1.29 is 23.9 Å². The van der Waals surface area contributed by atoms with E-state index in [4.69, 9.17) is 4.42 Å². The van der Waals surface area contributed by atoms with Crippen LogP contribution in [0.1, 0.15) is 32.0 Å². The van der Waals surface area contributed by atoms with Crippen LogP contribution < -0.4 is 10.6 Å². The van der Waals surface area contributed by atoms with E-state index in [0.717, 1.165) is 12.1 Å². The van der Waals surface area contributed by atoms with E-state index in [0.29, 0.717) is 34.9 Å². The molecular formula is C26H26N4O5. The number of nitrogens with one attached hydrogen (secondary N) is 2. The van der Waals surface area contributed by atoms with Gasteiger partial charge in [0.25, 0.3) is 11.8 Å². The molecule has 0 unspecified atom stereocenters. The maximum atomic E-state index is 13.0. The van der Waals surface area contributed by atoms with E-state index in [1.54, 1.807) is 30.1 Å². The predicted molar refractivity (Wildman–Crippen MR) is 133 cm³/mol. The molecule has 180 valence electrons. The first-order valence-corrected chi connectivity index (χ1v) is 11.0. The summed E-state index contributed by atoms with van der Waals surface area (Å²) in [6.45, 7) is 1.26. The zero-order valence-corrected chi connectivity index (χ0v) is 19.7. The number of amides is 2. The van der Waals surface area contributed by atoms with Crippen LogP contribution in [0.5, 0.6) is 0 Å². The molecule has 0 saturated carbocycles. The molecule has 1 aromatic heterocycles. The molecule has 0 spiro atoms. The number of aromatic carboxylic acids is 1. The Balaban J connectivity index is 1.70. The molecular weight excluding hydrogens is 448 g/mol. The number of carboxylic acid groups (broad SMARTS) is 1. The van der Waals surface area contributed by atoms with Gasteiger partial charge in [0.05, 0.1) is 22.5 Å². The SMILES string of the molecule is CN(C)CCN(C)C(=O)c1ccc(N/C(=C2\C(=O)Nc3cc(C(=O)O)ccc32)c2ccccc2)o1. The third-order valence-electron chi connectivity index (χ3n) is 5.62. The fourth-order valence-electron chi connectivity index (χ4n) is 3.72. The molecule has 0 aliphatic carbocycles. The molecule has 2 amide bonds. The Morgan fingerprint density at radius 3 is 2.40 bits per heavy atom. The van der Waals surface area contributed by atoms with Crippen LogP contribution in [0, 0.1) is 0 Å². The molecule has 0 saturated heterocycles. The van der Waals surface area contributed by atoms with Gasteiger partial charge in [-0.15, -0.1) is 0 Å². The van der Waals surface area contributed by atoms with Crippen molar-refractivity contribution in [2.45, 2.75) is 0 Å². The van der Waals surface area contributed by atoms with Gasteiger partial charge in [0.1, 0.15) is 0 Å². The second kappa shape index (κ2) is 9.86. The first-order chi connectivity index (χ1) is 16.7. The maximum absolute atomic E-state index is 13.0. The lowest BCUT2D eigenvalue weighted by Crippen LogP contribution is -2.33. The average molecular weight is 475 g/mol. The number of carboxylic acids is 1. The second-order valence-electron chi connectivity index (χ2n) is 8.45. The molecule has 1 aliphatic rings. The summed E-state index contributed by atoms with van der Waals surface area (Å²) in [5.74, 6) is -1.24. The summed E-state index contributed by atoms with van der Waals surface area (Å²) in [5, 5.41) is 15.2. The number of hydrogen-bond donors (Lipinski definition) is 3. The van der Waals surface area contributed by atoms with Gasteiger partial charge in [0.2, 0.25) is 0 Å². The molecule has 9 nitrogen and oxygen atoms in total. The summed E-state index contributed by atoms with van der Waals surface area (Å²) in [6, 6.07) is 16.9. The fraction of sp³-hybridized carbons (Fsp3) is 0.192. The highest BCUT2D eigenvalue weighted by Crippen LogP contribution is 2.38. The molecule has 0 radical (unpaired) electrons. The van der Waals surface area contributed by atoms with Crippen molar-refractivity contribution in [3.63, 3.8) is 0 Å². The Bertz CT molecular complexity index is 1310.